The van der Waals surface area contributed by atoms with Crippen LogP contribution in [0.2, 0.25) is 0 Å². The van der Waals surface area contributed by atoms with Crippen molar-refractivity contribution in [3.63, 3.8) is 0 Å². The van der Waals surface area contributed by atoms with Crippen molar-refractivity contribution in [2.24, 2.45) is 0 Å². The summed E-state index contributed by atoms with van der Waals surface area (Å²) in [5.74, 6) is -0.783. The van der Waals surface area contributed by atoms with E-state index in [0.29, 0.717) is 30.8 Å². The van der Waals surface area contributed by atoms with Gasteiger partial charge in [-0.25, -0.2) is 4.79 Å². The van der Waals surface area contributed by atoms with Crippen molar-refractivity contribution in [1.29, 1.82) is 0 Å². The molecular weight excluding hydrogens is 670 g/mol. The molecule has 0 radical (unpaired) electrons. The van der Waals surface area contributed by atoms with Crippen molar-refractivity contribution in [3.05, 3.63) is 87.8 Å². The van der Waals surface area contributed by atoms with Gasteiger partial charge < -0.3 is 19.5 Å². The molecular formula is C32H28F6N2O5S2. The van der Waals surface area contributed by atoms with Gasteiger partial charge in [-0.15, -0.1) is 0 Å². The largest absolute Gasteiger partial charge is 0.494 e. The number of thiocarbonyl (C=S) groups is 1. The number of ether oxygens (including phenoxy) is 2. The molecule has 0 spiro atoms. The number of halogens is 6. The van der Waals surface area contributed by atoms with Crippen LogP contribution in [0.15, 0.2) is 65.6 Å². The van der Waals surface area contributed by atoms with Gasteiger partial charge in [0.25, 0.3) is 5.91 Å². The molecule has 15 heteroatoms. The maximum atomic E-state index is 13.5. The average Bonchev–Trinajstić information content (AvgIpc) is 3.26. The first kappa shape index (κ1) is 35.8. The van der Waals surface area contributed by atoms with Crippen LogP contribution in [0.25, 0.3) is 17.2 Å². The van der Waals surface area contributed by atoms with E-state index >= 15 is 0 Å². The highest BCUT2D eigenvalue weighted by Gasteiger charge is 2.37. The lowest BCUT2D eigenvalue weighted by Gasteiger charge is -2.16. The summed E-state index contributed by atoms with van der Waals surface area (Å²) in [6.07, 6.45) is -8.20. The van der Waals surface area contributed by atoms with Crippen LogP contribution in [0.4, 0.5) is 26.3 Å². The number of carboxylic acids is 1. The van der Waals surface area contributed by atoms with Crippen molar-refractivity contribution < 1.29 is 50.5 Å². The number of likely N-dealkylation sites (N-methyl/N-ethyl adjacent to an activating group) is 1. The van der Waals surface area contributed by atoms with Crippen LogP contribution in [-0.2, 0) is 17.1 Å². The first-order valence-corrected chi connectivity index (χ1v) is 15.2. The molecule has 1 aliphatic rings. The topological polar surface area (TPSA) is 79.3 Å². The molecule has 0 atom stereocenters. The van der Waals surface area contributed by atoms with Crippen LogP contribution < -0.4 is 9.47 Å². The summed E-state index contributed by atoms with van der Waals surface area (Å²) in [6, 6.07) is 11.4. The Morgan fingerprint density at radius 3 is 2.13 bits per heavy atom. The Balaban J connectivity index is 1.58. The summed E-state index contributed by atoms with van der Waals surface area (Å²) in [7, 11) is 3.65. The van der Waals surface area contributed by atoms with Gasteiger partial charge in [-0.3, -0.25) is 9.69 Å². The third-order valence-electron chi connectivity index (χ3n) is 6.78. The number of carboxylic acid groups (broad SMARTS) is 1. The molecule has 1 saturated heterocycles. The highest BCUT2D eigenvalue weighted by Crippen LogP contribution is 2.40. The molecule has 1 heterocycles. The van der Waals surface area contributed by atoms with Gasteiger partial charge in [-0.2, -0.15) is 26.3 Å². The lowest BCUT2D eigenvalue weighted by molar-refractivity contribution is -0.143. The van der Waals surface area contributed by atoms with Gasteiger partial charge in [0.1, 0.15) is 22.4 Å². The fourth-order valence-electron chi connectivity index (χ4n) is 4.37. The smallest absolute Gasteiger partial charge is 0.416 e. The number of aromatic carboxylic acids is 1. The van der Waals surface area contributed by atoms with Gasteiger partial charge in [-0.1, -0.05) is 30.0 Å². The number of alkyl halides is 6. The lowest BCUT2D eigenvalue weighted by atomic mass is 9.97. The van der Waals surface area contributed by atoms with Crippen LogP contribution in [0.1, 0.15) is 33.5 Å². The fraction of sp³-hybridized carbons (Fsp3) is 0.281. The van der Waals surface area contributed by atoms with Crippen LogP contribution in [0, 0.1) is 0 Å². The molecule has 0 unspecified atom stereocenters. The van der Waals surface area contributed by atoms with Crippen LogP contribution in [-0.4, -0.2) is 71.5 Å². The number of hydrogen-bond acceptors (Lipinski definition) is 7. The first-order chi connectivity index (χ1) is 22.0. The number of thioether (sulfide) groups is 1. The van der Waals surface area contributed by atoms with E-state index in [1.165, 1.54) is 53.4 Å². The Morgan fingerprint density at radius 1 is 0.915 bits per heavy atom. The van der Waals surface area contributed by atoms with E-state index in [1.54, 1.807) is 0 Å². The number of hydrogen-bond donors (Lipinski definition) is 1. The van der Waals surface area contributed by atoms with Crippen LogP contribution in [0.5, 0.6) is 11.5 Å². The molecule has 0 aromatic heterocycles. The second-order valence-electron chi connectivity index (χ2n) is 10.6. The zero-order valence-electron chi connectivity index (χ0n) is 24.9. The standard InChI is InChI=1S/C32H28F6N2O5S2/c1-39(2)11-13-45-26-9-6-20(21-15-23(31(33,34)35)18-24(16-21)32(36,37)38)14-22(26)17-27-28(41)40(30(46)47-27)10-3-12-44-25-7-4-19(5-8-25)29(42)43/h4-9,14-18H,3,10-13H2,1-2H3,(H,42,43). The Morgan fingerprint density at radius 2 is 1.55 bits per heavy atom. The number of amides is 1. The SMILES string of the molecule is CN(C)CCOc1ccc(-c2cc(C(F)(F)F)cc(C(F)(F)F)c2)cc1C=C1SC(=S)N(CCCOc2ccc(C(=O)O)cc2)C1=O. The van der Waals surface area contributed by atoms with Crippen molar-refractivity contribution in [2.75, 3.05) is 40.4 Å². The number of nitrogens with zero attached hydrogens (tertiary/aromatic N) is 2. The molecule has 3 aromatic carbocycles. The predicted octanol–water partition coefficient (Wildman–Crippen LogP) is 7.70. The normalized spacial score (nSPS) is 14.7. The van der Waals surface area contributed by atoms with Crippen molar-refractivity contribution in [2.45, 2.75) is 18.8 Å². The second-order valence-corrected chi connectivity index (χ2v) is 12.2. The highest BCUT2D eigenvalue weighted by atomic mass is 32.2. The number of carbonyl (C=O) groups is 2. The summed E-state index contributed by atoms with van der Waals surface area (Å²) in [6.45, 7) is 1.13. The Kier molecular flexibility index (Phi) is 11.2. The molecule has 0 bridgehead atoms. The van der Waals surface area contributed by atoms with Gasteiger partial charge >= 0.3 is 18.3 Å². The maximum absolute atomic E-state index is 13.5. The van der Waals surface area contributed by atoms with E-state index in [0.717, 1.165) is 11.8 Å². The van der Waals surface area contributed by atoms with E-state index in [1.807, 2.05) is 19.0 Å². The quantitative estimate of drug-likeness (QED) is 0.0893. The first-order valence-electron chi connectivity index (χ1n) is 14.0. The maximum Gasteiger partial charge on any atom is 0.416 e. The van der Waals surface area contributed by atoms with Crippen molar-refractivity contribution >= 4 is 46.3 Å². The van der Waals surface area contributed by atoms with Gasteiger partial charge in [0.05, 0.1) is 28.2 Å². The van der Waals surface area contributed by atoms with Crippen molar-refractivity contribution in [1.82, 2.24) is 9.80 Å². The van der Waals surface area contributed by atoms with Crippen LogP contribution >= 0.6 is 24.0 Å². The van der Waals surface area contributed by atoms with Gasteiger partial charge in [0, 0.05) is 18.7 Å². The van der Waals surface area contributed by atoms with Crippen molar-refractivity contribution in [3.8, 4) is 22.6 Å². The molecule has 1 fully saturated rings. The third-order valence-corrected chi connectivity index (χ3v) is 8.16. The molecule has 1 N–H and O–H groups in total. The predicted molar refractivity (Wildman–Crippen MR) is 169 cm³/mol. The van der Waals surface area contributed by atoms with E-state index < -0.39 is 35.4 Å². The Bertz CT molecular complexity index is 1640. The third kappa shape index (κ3) is 9.49. The molecule has 3 aromatic rings. The average molecular weight is 699 g/mol. The molecule has 0 saturated carbocycles. The zero-order valence-corrected chi connectivity index (χ0v) is 26.6. The van der Waals surface area contributed by atoms with E-state index in [9.17, 15) is 35.9 Å². The molecule has 250 valence electrons. The summed E-state index contributed by atoms with van der Waals surface area (Å²) in [4.78, 5) is 27.7. The lowest BCUT2D eigenvalue weighted by Crippen LogP contribution is -2.29. The summed E-state index contributed by atoms with van der Waals surface area (Å²) >= 11 is 6.40. The summed E-state index contributed by atoms with van der Waals surface area (Å²) < 4.78 is 93.0. The van der Waals surface area contributed by atoms with Gasteiger partial charge in [-0.05, 0) is 92.3 Å². The molecule has 0 aliphatic carbocycles. The van der Waals surface area contributed by atoms with Gasteiger partial charge in [0.2, 0.25) is 0 Å². The minimum atomic E-state index is -5.02. The zero-order chi connectivity index (χ0) is 34.5. The number of rotatable bonds is 12. The van der Waals surface area contributed by atoms with Crippen LogP contribution in [0.3, 0.4) is 0 Å². The molecule has 1 aliphatic heterocycles. The van der Waals surface area contributed by atoms with E-state index in [-0.39, 0.29) is 63.1 Å². The van der Waals surface area contributed by atoms with E-state index in [2.05, 4.69) is 0 Å². The number of carbonyl (C=O) groups excluding carboxylic acids is 1. The molecule has 4 rings (SSSR count). The minimum absolute atomic E-state index is 0.0526. The molecule has 1 amide bonds. The van der Waals surface area contributed by atoms with Gasteiger partial charge in [0.15, 0.2) is 0 Å². The summed E-state index contributed by atoms with van der Waals surface area (Å²) in [5, 5.41) is 9.01. The Hall–Kier alpha value is -4.08. The highest BCUT2D eigenvalue weighted by molar-refractivity contribution is 8.26. The molecule has 47 heavy (non-hydrogen) atoms. The second kappa shape index (κ2) is 14.8. The monoisotopic (exact) mass is 698 g/mol. The number of benzene rings is 3. The minimum Gasteiger partial charge on any atom is -0.494 e. The molecule has 7 nitrogen and oxygen atoms in total. The summed E-state index contributed by atoms with van der Waals surface area (Å²) in [5.41, 5.74) is -2.78. The Labute approximate surface area is 275 Å². The fourth-order valence-corrected chi connectivity index (χ4v) is 5.67. The van der Waals surface area contributed by atoms with E-state index in [4.69, 9.17) is 26.8 Å².